The topological polar surface area (TPSA) is 143 Å². The third-order valence-electron chi connectivity index (χ3n) is 7.36. The first kappa shape index (κ1) is 32.9. The van der Waals surface area contributed by atoms with E-state index in [0.717, 1.165) is 20.7 Å². The summed E-state index contributed by atoms with van der Waals surface area (Å²) < 4.78 is 77.4. The standard InChI is InChI=1S/C31H20ClF3N4O7S2/c1-2-46-29(41)25-26(17-10-12-19(32)13-11-17)38-28(40)24(47-30(38)36-27(25)31(33,34)35)14-18-16-37(23-9-4-3-8-22(18)23)48(44,45)21-7-5-6-20(15-21)39(42)43/h3-16,26H,2H2,1H3/b24-14-/t26-/m0/s1. The summed E-state index contributed by atoms with van der Waals surface area (Å²) in [5, 5.41) is 11.9. The molecule has 0 spiro atoms. The van der Waals surface area contributed by atoms with Crippen LogP contribution in [0.1, 0.15) is 24.1 Å². The van der Waals surface area contributed by atoms with Gasteiger partial charge in [0.15, 0.2) is 10.5 Å². The van der Waals surface area contributed by atoms with Gasteiger partial charge in [0.2, 0.25) is 0 Å². The Morgan fingerprint density at radius 1 is 1.12 bits per heavy atom. The summed E-state index contributed by atoms with van der Waals surface area (Å²) in [4.78, 5) is 40.7. The van der Waals surface area contributed by atoms with Gasteiger partial charge in [0.25, 0.3) is 21.3 Å². The number of esters is 1. The third-order valence-corrected chi connectivity index (χ3v) is 10.3. The van der Waals surface area contributed by atoms with Crippen molar-refractivity contribution >= 4 is 61.6 Å². The molecular weight excluding hydrogens is 697 g/mol. The number of ether oxygens (including phenoxy) is 1. The fourth-order valence-electron chi connectivity index (χ4n) is 5.30. The Kier molecular flexibility index (Phi) is 8.35. The average molecular weight is 717 g/mol. The van der Waals surface area contributed by atoms with E-state index in [4.69, 9.17) is 16.3 Å². The number of nitro groups is 1. The number of para-hydroxylation sites is 1. The Labute approximate surface area is 277 Å². The Balaban J connectivity index is 1.60. The normalized spacial score (nSPS) is 15.4. The number of fused-ring (bicyclic) bond motifs is 2. The van der Waals surface area contributed by atoms with E-state index in [0.29, 0.717) is 16.7 Å². The van der Waals surface area contributed by atoms with Crippen LogP contribution in [0.4, 0.5) is 18.9 Å². The van der Waals surface area contributed by atoms with Crippen LogP contribution in [-0.2, 0) is 19.6 Å². The zero-order valence-corrected chi connectivity index (χ0v) is 26.7. The van der Waals surface area contributed by atoms with Crippen molar-refractivity contribution in [2.24, 2.45) is 4.99 Å². The van der Waals surface area contributed by atoms with Crippen LogP contribution >= 0.6 is 22.9 Å². The monoisotopic (exact) mass is 716 g/mol. The number of carbonyl (C=O) groups excluding carboxylic acids is 1. The number of benzene rings is 3. The second-order valence-corrected chi connectivity index (χ2v) is 13.5. The number of nitro benzene ring substituents is 1. The minimum Gasteiger partial charge on any atom is -0.463 e. The molecule has 0 bridgehead atoms. The fourth-order valence-corrected chi connectivity index (χ4v) is 7.84. The Morgan fingerprint density at radius 2 is 1.83 bits per heavy atom. The highest BCUT2D eigenvalue weighted by molar-refractivity contribution is 7.90. The molecule has 0 radical (unpaired) electrons. The number of hydrogen-bond acceptors (Lipinski definition) is 9. The number of thiazole rings is 1. The van der Waals surface area contributed by atoms with Crippen LogP contribution in [-0.4, -0.2) is 40.6 Å². The van der Waals surface area contributed by atoms with Gasteiger partial charge in [-0.2, -0.15) is 13.2 Å². The molecule has 5 aromatic rings. The largest absolute Gasteiger partial charge is 0.463 e. The van der Waals surface area contributed by atoms with Crippen molar-refractivity contribution < 1.29 is 36.0 Å². The molecule has 0 amide bonds. The Hall–Kier alpha value is -5.06. The summed E-state index contributed by atoms with van der Waals surface area (Å²) in [5.41, 5.74) is -3.14. The SMILES string of the molecule is CCOC(=O)C1=C(C(F)(F)F)N=c2s/c(=C\c3cn(S(=O)(=O)c4cccc([N+](=O)[O-])c4)c4ccccc34)c(=O)n2[C@H]1c1ccc(Cl)cc1. The summed E-state index contributed by atoms with van der Waals surface area (Å²) in [6, 6.07) is 14.7. The molecule has 246 valence electrons. The van der Waals surface area contributed by atoms with Crippen molar-refractivity contribution in [1.29, 1.82) is 0 Å². The van der Waals surface area contributed by atoms with Crippen molar-refractivity contribution in [1.82, 2.24) is 8.54 Å². The molecule has 11 nitrogen and oxygen atoms in total. The van der Waals surface area contributed by atoms with Crippen molar-refractivity contribution in [2.75, 3.05) is 6.61 Å². The van der Waals surface area contributed by atoms with Gasteiger partial charge in [0.05, 0.1) is 38.1 Å². The van der Waals surface area contributed by atoms with Crippen LogP contribution in [0.3, 0.4) is 0 Å². The maximum Gasteiger partial charge on any atom is 0.434 e. The molecule has 0 N–H and O–H groups in total. The van der Waals surface area contributed by atoms with Crippen molar-refractivity contribution in [3.63, 3.8) is 0 Å². The van der Waals surface area contributed by atoms with E-state index in [1.54, 1.807) is 18.2 Å². The molecule has 0 saturated carbocycles. The Bertz CT molecular complexity index is 2470. The molecule has 0 unspecified atom stereocenters. The molecular formula is C31H20ClF3N4O7S2. The lowest BCUT2D eigenvalue weighted by Crippen LogP contribution is -2.41. The van der Waals surface area contributed by atoms with Crippen LogP contribution in [0.15, 0.2) is 105 Å². The Morgan fingerprint density at radius 3 is 2.50 bits per heavy atom. The number of nitrogens with zero attached hydrogens (tertiary/aromatic N) is 4. The first-order valence-corrected chi connectivity index (χ1v) is 16.5. The lowest BCUT2D eigenvalue weighted by atomic mass is 9.95. The van der Waals surface area contributed by atoms with E-state index in [1.807, 2.05) is 0 Å². The quantitative estimate of drug-likeness (QED) is 0.130. The summed E-state index contributed by atoms with van der Waals surface area (Å²) in [5.74, 6) is -1.31. The van der Waals surface area contributed by atoms with Gasteiger partial charge >= 0.3 is 12.1 Å². The van der Waals surface area contributed by atoms with E-state index in [-0.39, 0.29) is 42.5 Å². The number of allylic oxidation sites excluding steroid dienone is 1. The zero-order chi connectivity index (χ0) is 34.5. The summed E-state index contributed by atoms with van der Waals surface area (Å²) in [6.07, 6.45) is -2.58. The van der Waals surface area contributed by atoms with Crippen LogP contribution in [0.2, 0.25) is 5.02 Å². The number of aromatic nitrogens is 2. The average Bonchev–Trinajstić information content (AvgIpc) is 3.58. The summed E-state index contributed by atoms with van der Waals surface area (Å²) >= 11 is 6.63. The minimum absolute atomic E-state index is 0.116. The fraction of sp³-hybridized carbons (Fsp3) is 0.129. The van der Waals surface area contributed by atoms with Crippen LogP contribution in [0.5, 0.6) is 0 Å². The van der Waals surface area contributed by atoms with Gasteiger partial charge in [0.1, 0.15) is 0 Å². The van der Waals surface area contributed by atoms with Crippen LogP contribution in [0.25, 0.3) is 17.0 Å². The molecule has 48 heavy (non-hydrogen) atoms. The number of hydrogen-bond donors (Lipinski definition) is 0. The molecule has 6 rings (SSSR count). The lowest BCUT2D eigenvalue weighted by Gasteiger charge is -2.26. The second-order valence-electron chi connectivity index (χ2n) is 10.3. The van der Waals surface area contributed by atoms with E-state index >= 15 is 0 Å². The van der Waals surface area contributed by atoms with Gasteiger partial charge in [0, 0.05) is 34.3 Å². The number of carbonyl (C=O) groups is 1. The molecule has 3 heterocycles. The minimum atomic E-state index is -5.10. The first-order valence-electron chi connectivity index (χ1n) is 13.9. The molecule has 1 atom stereocenters. The molecule has 1 aliphatic rings. The third kappa shape index (κ3) is 5.71. The second kappa shape index (κ2) is 12.2. The molecule has 3 aromatic carbocycles. The number of alkyl halides is 3. The lowest BCUT2D eigenvalue weighted by molar-refractivity contribution is -0.385. The first-order chi connectivity index (χ1) is 22.7. The van der Waals surface area contributed by atoms with E-state index in [2.05, 4.69) is 4.99 Å². The summed E-state index contributed by atoms with van der Waals surface area (Å²) in [7, 11) is -4.40. The molecule has 17 heteroatoms. The van der Waals surface area contributed by atoms with Crippen molar-refractivity contribution in [2.45, 2.75) is 24.0 Å². The van der Waals surface area contributed by atoms with Gasteiger partial charge in [-0.25, -0.2) is 22.2 Å². The molecule has 0 fully saturated rings. The van der Waals surface area contributed by atoms with Crippen LogP contribution < -0.4 is 14.9 Å². The zero-order valence-electron chi connectivity index (χ0n) is 24.3. The van der Waals surface area contributed by atoms with Crippen LogP contribution in [0, 0.1) is 10.1 Å². The van der Waals surface area contributed by atoms with Gasteiger partial charge in [-0.3, -0.25) is 19.5 Å². The van der Waals surface area contributed by atoms with Gasteiger partial charge in [-0.05, 0) is 42.8 Å². The number of non-ortho nitro benzene ring substituents is 1. The van der Waals surface area contributed by atoms with Gasteiger partial charge in [-0.1, -0.05) is 59.3 Å². The highest BCUT2D eigenvalue weighted by Crippen LogP contribution is 2.38. The summed E-state index contributed by atoms with van der Waals surface area (Å²) in [6.45, 7) is 1.18. The molecule has 0 saturated heterocycles. The van der Waals surface area contributed by atoms with Gasteiger partial charge < -0.3 is 4.74 Å². The van der Waals surface area contributed by atoms with Crippen molar-refractivity contribution in [3.8, 4) is 0 Å². The van der Waals surface area contributed by atoms with Gasteiger partial charge in [-0.15, -0.1) is 0 Å². The number of rotatable bonds is 7. The van der Waals surface area contributed by atoms with E-state index in [1.165, 1.54) is 61.7 Å². The molecule has 1 aliphatic heterocycles. The maximum absolute atomic E-state index is 14.4. The van der Waals surface area contributed by atoms with Crippen molar-refractivity contribution in [3.05, 3.63) is 136 Å². The smallest absolute Gasteiger partial charge is 0.434 e. The van der Waals surface area contributed by atoms with E-state index in [9.17, 15) is 41.3 Å². The highest BCUT2D eigenvalue weighted by atomic mass is 35.5. The van der Waals surface area contributed by atoms with E-state index < -0.39 is 55.7 Å². The predicted molar refractivity (Wildman–Crippen MR) is 170 cm³/mol. The molecule has 2 aromatic heterocycles. The number of halogens is 4. The highest BCUT2D eigenvalue weighted by Gasteiger charge is 2.45. The predicted octanol–water partition coefficient (Wildman–Crippen LogP) is 5.09. The molecule has 0 aliphatic carbocycles. The maximum atomic E-state index is 14.4.